The third-order valence-electron chi connectivity index (χ3n) is 4.18. The molecule has 2 aromatic rings. The van der Waals surface area contributed by atoms with Crippen molar-refractivity contribution < 1.29 is 9.53 Å². The molecule has 2 unspecified atom stereocenters. The molecule has 0 saturated carbocycles. The van der Waals surface area contributed by atoms with E-state index in [1.807, 2.05) is 24.3 Å². The van der Waals surface area contributed by atoms with Gasteiger partial charge in [0.05, 0.1) is 5.70 Å². The summed E-state index contributed by atoms with van der Waals surface area (Å²) in [6.45, 7) is 4.11. The first-order chi connectivity index (χ1) is 12.0. The number of ether oxygens (including phenoxy) is 1. The largest absolute Gasteiger partial charge is 0.457 e. The van der Waals surface area contributed by atoms with Crippen molar-refractivity contribution in [1.82, 2.24) is 10.4 Å². The Kier molecular flexibility index (Phi) is 5.40. The molecule has 2 aromatic carbocycles. The second kappa shape index (κ2) is 7.71. The predicted molar refractivity (Wildman–Crippen MR) is 104 cm³/mol. The number of allylic oxidation sites excluding steroid dienone is 1. The van der Waals surface area contributed by atoms with Crippen LogP contribution in [0, 0.1) is 13.8 Å². The number of carbonyl (C=O) groups excluding carboxylic acids is 1. The van der Waals surface area contributed by atoms with Crippen LogP contribution >= 0.6 is 8.73 Å². The number of hydrogen-bond donors (Lipinski definition) is 2. The van der Waals surface area contributed by atoms with Crippen molar-refractivity contribution >= 4 is 14.6 Å². The van der Waals surface area contributed by atoms with Crippen LogP contribution < -0.4 is 15.1 Å². The van der Waals surface area contributed by atoms with E-state index >= 15 is 0 Å². The van der Waals surface area contributed by atoms with Crippen LogP contribution in [0.4, 0.5) is 0 Å². The van der Waals surface area contributed by atoms with Crippen LogP contribution in [0.2, 0.25) is 0 Å². The third kappa shape index (κ3) is 4.40. The molecule has 2 N–H and O–H groups in total. The molecule has 0 radical (unpaired) electrons. The van der Waals surface area contributed by atoms with Crippen molar-refractivity contribution in [1.29, 1.82) is 0 Å². The van der Waals surface area contributed by atoms with E-state index in [2.05, 4.69) is 48.5 Å². The lowest BCUT2D eigenvalue weighted by molar-refractivity contribution is -0.116. The average molecular weight is 354 g/mol. The number of carbonyl (C=O) groups is 1. The maximum atomic E-state index is 11.7. The molecular formula is C20H23N2O2P. The fraction of sp³-hybridized carbons (Fsp3) is 0.250. The van der Waals surface area contributed by atoms with Crippen LogP contribution in [-0.2, 0) is 11.2 Å². The number of rotatable bonds is 5. The molecule has 1 aliphatic heterocycles. The molecule has 5 heteroatoms. The standard InChI is InChI=1S/C20H23N2O2P/c1-13-5-4-6-16(9-13)24-19-11-15(8-7-14(19)2)10-17-12-18(21-3)20(23)22-25-17/h4-9,11-12,17,21,25H,10H2,1-3H3,(H,22,23). The van der Waals surface area contributed by atoms with E-state index in [0.29, 0.717) is 20.1 Å². The Hall–Kier alpha value is -2.32. The van der Waals surface area contributed by atoms with Gasteiger partial charge < -0.3 is 15.1 Å². The van der Waals surface area contributed by atoms with Gasteiger partial charge >= 0.3 is 0 Å². The van der Waals surface area contributed by atoms with Gasteiger partial charge in [0.25, 0.3) is 5.91 Å². The van der Waals surface area contributed by atoms with Crippen molar-refractivity contribution in [2.24, 2.45) is 0 Å². The molecule has 1 heterocycles. The SMILES string of the molecule is CNC1=CC(Cc2ccc(C)c(Oc3cccc(C)c3)c2)PNC1=O. The van der Waals surface area contributed by atoms with Gasteiger partial charge in [0, 0.05) is 12.7 Å². The summed E-state index contributed by atoms with van der Waals surface area (Å²) in [5.41, 5.74) is 4.43. The molecule has 2 atom stereocenters. The smallest absolute Gasteiger partial charge is 0.270 e. The molecule has 0 aromatic heterocycles. The molecule has 25 heavy (non-hydrogen) atoms. The highest BCUT2D eigenvalue weighted by atomic mass is 31.1. The fourth-order valence-electron chi connectivity index (χ4n) is 2.79. The van der Waals surface area contributed by atoms with Crippen LogP contribution in [0.25, 0.3) is 0 Å². The van der Waals surface area contributed by atoms with Crippen LogP contribution in [-0.4, -0.2) is 18.6 Å². The fourth-order valence-corrected chi connectivity index (χ4v) is 3.83. The van der Waals surface area contributed by atoms with Gasteiger partial charge in [-0.05, 0) is 70.0 Å². The summed E-state index contributed by atoms with van der Waals surface area (Å²) in [7, 11) is 2.17. The summed E-state index contributed by atoms with van der Waals surface area (Å²) < 4.78 is 6.08. The third-order valence-corrected chi connectivity index (χ3v) is 5.29. The van der Waals surface area contributed by atoms with Crippen molar-refractivity contribution in [2.75, 3.05) is 7.05 Å². The second-order valence-electron chi connectivity index (χ2n) is 6.26. The van der Waals surface area contributed by atoms with E-state index in [4.69, 9.17) is 4.74 Å². The van der Waals surface area contributed by atoms with Gasteiger partial charge in [-0.2, -0.15) is 0 Å². The molecule has 0 bridgehead atoms. The Morgan fingerprint density at radius 1 is 1.20 bits per heavy atom. The van der Waals surface area contributed by atoms with Crippen molar-refractivity contribution in [3.05, 3.63) is 70.9 Å². The van der Waals surface area contributed by atoms with Crippen molar-refractivity contribution in [2.45, 2.75) is 25.9 Å². The lowest BCUT2D eigenvalue weighted by Crippen LogP contribution is -2.31. The van der Waals surface area contributed by atoms with Crippen LogP contribution in [0.3, 0.4) is 0 Å². The Morgan fingerprint density at radius 3 is 2.80 bits per heavy atom. The van der Waals surface area contributed by atoms with Gasteiger partial charge in [-0.25, -0.2) is 0 Å². The van der Waals surface area contributed by atoms with Gasteiger partial charge in [0.2, 0.25) is 0 Å². The summed E-state index contributed by atoms with van der Waals surface area (Å²) in [6.07, 6.45) is 2.90. The molecule has 0 aliphatic carbocycles. The first-order valence-corrected chi connectivity index (χ1v) is 9.42. The lowest BCUT2D eigenvalue weighted by atomic mass is 10.1. The van der Waals surface area contributed by atoms with Gasteiger partial charge in [0.1, 0.15) is 11.5 Å². The monoisotopic (exact) mass is 354 g/mol. The number of amides is 1. The summed E-state index contributed by atoms with van der Waals surface area (Å²) >= 11 is 0. The summed E-state index contributed by atoms with van der Waals surface area (Å²) in [5, 5.41) is 5.91. The summed E-state index contributed by atoms with van der Waals surface area (Å²) in [4.78, 5) is 11.7. The molecular weight excluding hydrogens is 331 g/mol. The minimum absolute atomic E-state index is 0.0236. The van der Waals surface area contributed by atoms with E-state index < -0.39 is 0 Å². The zero-order chi connectivity index (χ0) is 17.8. The number of aryl methyl sites for hydroxylation is 2. The highest BCUT2D eigenvalue weighted by Crippen LogP contribution is 2.30. The Bertz CT molecular complexity index is 817. The zero-order valence-corrected chi connectivity index (χ0v) is 15.7. The first-order valence-electron chi connectivity index (χ1n) is 8.34. The van der Waals surface area contributed by atoms with Gasteiger partial charge in [-0.1, -0.05) is 24.3 Å². The Labute approximate surface area is 150 Å². The van der Waals surface area contributed by atoms with Gasteiger partial charge in [-0.3, -0.25) is 4.79 Å². The lowest BCUT2D eigenvalue weighted by Gasteiger charge is -2.22. The molecule has 3 rings (SSSR count). The minimum atomic E-state index is -0.0236. The quantitative estimate of drug-likeness (QED) is 0.803. The zero-order valence-electron chi connectivity index (χ0n) is 14.7. The normalized spacial score (nSPS) is 17.8. The number of nitrogens with one attached hydrogen (secondary N) is 2. The maximum Gasteiger partial charge on any atom is 0.270 e. The van der Waals surface area contributed by atoms with Gasteiger partial charge in [0.15, 0.2) is 0 Å². The molecule has 1 amide bonds. The van der Waals surface area contributed by atoms with Gasteiger partial charge in [-0.15, -0.1) is 0 Å². The Balaban J connectivity index is 1.77. The molecule has 130 valence electrons. The van der Waals surface area contributed by atoms with Crippen molar-refractivity contribution in [3.63, 3.8) is 0 Å². The number of benzene rings is 2. The number of hydrogen-bond acceptors (Lipinski definition) is 3. The number of likely N-dealkylation sites (N-methyl/N-ethyl adjacent to an activating group) is 1. The topological polar surface area (TPSA) is 50.4 Å². The van der Waals surface area contributed by atoms with E-state index in [0.717, 1.165) is 23.5 Å². The van der Waals surface area contributed by atoms with E-state index in [-0.39, 0.29) is 5.91 Å². The average Bonchev–Trinajstić information content (AvgIpc) is 2.59. The highest BCUT2D eigenvalue weighted by Gasteiger charge is 2.19. The van der Waals surface area contributed by atoms with Crippen LogP contribution in [0.15, 0.2) is 54.2 Å². The van der Waals surface area contributed by atoms with Crippen LogP contribution in [0.5, 0.6) is 11.5 Å². The summed E-state index contributed by atoms with van der Waals surface area (Å²) in [6, 6.07) is 14.4. The summed E-state index contributed by atoms with van der Waals surface area (Å²) in [5.74, 6) is 1.71. The van der Waals surface area contributed by atoms with E-state index in [1.165, 1.54) is 11.1 Å². The van der Waals surface area contributed by atoms with Crippen molar-refractivity contribution in [3.8, 4) is 11.5 Å². The molecule has 0 spiro atoms. The van der Waals surface area contributed by atoms with E-state index in [9.17, 15) is 4.79 Å². The predicted octanol–water partition coefficient (Wildman–Crippen LogP) is 3.83. The molecule has 4 nitrogen and oxygen atoms in total. The first kappa shape index (κ1) is 17.5. The molecule has 0 saturated heterocycles. The maximum absolute atomic E-state index is 11.7. The van der Waals surface area contributed by atoms with Crippen LogP contribution in [0.1, 0.15) is 16.7 Å². The highest BCUT2D eigenvalue weighted by molar-refractivity contribution is 7.38. The van der Waals surface area contributed by atoms with E-state index in [1.54, 1.807) is 7.05 Å². The minimum Gasteiger partial charge on any atom is -0.457 e. The molecule has 0 fully saturated rings. The second-order valence-corrected chi connectivity index (χ2v) is 7.54. The Morgan fingerprint density at radius 2 is 2.04 bits per heavy atom. The molecule has 1 aliphatic rings.